The number of aryl methyl sites for hydroxylation is 2. The van der Waals surface area contributed by atoms with Gasteiger partial charge in [0.2, 0.25) is 0 Å². The molecule has 22 heavy (non-hydrogen) atoms. The highest BCUT2D eigenvalue weighted by molar-refractivity contribution is 5.53. The van der Waals surface area contributed by atoms with E-state index in [1.165, 1.54) is 22.3 Å². The predicted molar refractivity (Wildman–Crippen MR) is 96.4 cm³/mol. The number of hydrogen-bond donors (Lipinski definition) is 0. The van der Waals surface area contributed by atoms with Gasteiger partial charge in [-0.3, -0.25) is 4.48 Å². The zero-order valence-electron chi connectivity index (χ0n) is 14.1. The lowest BCUT2D eigenvalue weighted by Gasteiger charge is -2.33. The van der Waals surface area contributed by atoms with Crippen molar-refractivity contribution in [2.45, 2.75) is 19.9 Å². The van der Waals surface area contributed by atoms with Crippen molar-refractivity contribution < 1.29 is 4.48 Å². The highest BCUT2D eigenvalue weighted by atomic mass is 15.3. The Hall–Kier alpha value is -2.12. The van der Waals surface area contributed by atoms with Crippen molar-refractivity contribution in [1.82, 2.24) is 0 Å². The van der Waals surface area contributed by atoms with Crippen molar-refractivity contribution >= 4 is 6.08 Å². The molecule has 2 aromatic rings. The summed E-state index contributed by atoms with van der Waals surface area (Å²) in [5.41, 5.74) is 5.16. The molecular formula is C21H26N+. The molecule has 0 fully saturated rings. The van der Waals surface area contributed by atoms with E-state index in [0.29, 0.717) is 0 Å². The summed E-state index contributed by atoms with van der Waals surface area (Å²) in [6, 6.07) is 17.4. The van der Waals surface area contributed by atoms with Gasteiger partial charge in [-0.1, -0.05) is 60.7 Å². The number of hydrogen-bond acceptors (Lipinski definition) is 0. The van der Waals surface area contributed by atoms with Gasteiger partial charge in [-0.05, 0) is 37.1 Å². The van der Waals surface area contributed by atoms with Crippen LogP contribution >= 0.6 is 0 Å². The third kappa shape index (κ3) is 3.75. The van der Waals surface area contributed by atoms with E-state index < -0.39 is 0 Å². The molecule has 0 heterocycles. The van der Waals surface area contributed by atoms with Gasteiger partial charge in [0, 0.05) is 5.56 Å². The van der Waals surface area contributed by atoms with E-state index >= 15 is 0 Å². The fraction of sp³-hybridized carbons (Fsp3) is 0.238. The fourth-order valence-corrected chi connectivity index (χ4v) is 2.75. The molecular weight excluding hydrogens is 266 g/mol. The molecule has 0 saturated heterocycles. The van der Waals surface area contributed by atoms with Crippen LogP contribution in [0.2, 0.25) is 0 Å². The smallest absolute Gasteiger partial charge is 0.137 e. The van der Waals surface area contributed by atoms with E-state index in [1.54, 1.807) is 0 Å². The Morgan fingerprint density at radius 3 is 2.32 bits per heavy atom. The largest absolute Gasteiger partial charge is 0.293 e. The summed E-state index contributed by atoms with van der Waals surface area (Å²) in [7, 11) is 4.42. The maximum absolute atomic E-state index is 4.04. The summed E-state index contributed by atoms with van der Waals surface area (Å²) in [5.74, 6) is 0. The van der Waals surface area contributed by atoms with Crippen LogP contribution in [0.3, 0.4) is 0 Å². The van der Waals surface area contributed by atoms with Crippen molar-refractivity contribution in [3.63, 3.8) is 0 Å². The maximum Gasteiger partial charge on any atom is 0.137 e. The summed E-state index contributed by atoms with van der Waals surface area (Å²) in [5, 5.41) is 0. The zero-order valence-corrected chi connectivity index (χ0v) is 14.1. The lowest BCUT2D eigenvalue weighted by Crippen LogP contribution is -2.36. The van der Waals surface area contributed by atoms with Gasteiger partial charge in [0.05, 0.1) is 20.3 Å². The van der Waals surface area contributed by atoms with E-state index in [-0.39, 0.29) is 6.04 Å². The molecule has 1 nitrogen and oxygen atoms in total. The molecule has 1 atom stereocenters. The third-order valence-corrected chi connectivity index (χ3v) is 4.15. The first kappa shape index (κ1) is 16.3. The number of benzene rings is 2. The number of quaternary nitrogens is 1. The zero-order chi connectivity index (χ0) is 16.2. The van der Waals surface area contributed by atoms with Gasteiger partial charge < -0.3 is 0 Å². The molecule has 0 N–H and O–H groups in total. The Morgan fingerprint density at radius 2 is 1.68 bits per heavy atom. The molecule has 0 aliphatic rings. The standard InChI is InChI=1S/C21H26N/c1-6-21(19-10-8-7-9-11-19)22(4,5)15-14-20-16-17(2)12-13-18(20)3/h6-16,21H,1H2,2-5H3/q+1. The molecule has 0 aliphatic heterocycles. The summed E-state index contributed by atoms with van der Waals surface area (Å²) >= 11 is 0. The predicted octanol–water partition coefficient (Wildman–Crippen LogP) is 5.28. The molecule has 0 saturated carbocycles. The van der Waals surface area contributed by atoms with E-state index in [9.17, 15) is 0 Å². The van der Waals surface area contributed by atoms with Crippen LogP contribution in [-0.4, -0.2) is 18.6 Å². The fourth-order valence-electron chi connectivity index (χ4n) is 2.75. The van der Waals surface area contributed by atoms with Gasteiger partial charge in [0.1, 0.15) is 6.04 Å². The van der Waals surface area contributed by atoms with Crippen LogP contribution in [0.4, 0.5) is 0 Å². The topological polar surface area (TPSA) is 0 Å². The summed E-state index contributed by atoms with van der Waals surface area (Å²) in [6.45, 7) is 8.33. The highest BCUT2D eigenvalue weighted by Gasteiger charge is 2.24. The molecule has 0 spiro atoms. The molecule has 0 aliphatic carbocycles. The molecule has 2 rings (SSSR count). The van der Waals surface area contributed by atoms with Crippen LogP contribution in [0.15, 0.2) is 67.4 Å². The Balaban J connectivity index is 2.31. The Kier molecular flexibility index (Phi) is 4.99. The minimum Gasteiger partial charge on any atom is -0.293 e. The van der Waals surface area contributed by atoms with Gasteiger partial charge in [-0.2, -0.15) is 0 Å². The van der Waals surface area contributed by atoms with E-state index in [4.69, 9.17) is 0 Å². The highest BCUT2D eigenvalue weighted by Crippen LogP contribution is 2.27. The molecule has 0 aromatic heterocycles. The van der Waals surface area contributed by atoms with Gasteiger partial charge in [0.15, 0.2) is 0 Å². The Morgan fingerprint density at radius 1 is 1.00 bits per heavy atom. The summed E-state index contributed by atoms with van der Waals surface area (Å²) in [4.78, 5) is 0. The first-order valence-corrected chi connectivity index (χ1v) is 7.71. The van der Waals surface area contributed by atoms with Crippen LogP contribution < -0.4 is 0 Å². The van der Waals surface area contributed by atoms with Crippen LogP contribution in [-0.2, 0) is 0 Å². The normalized spacial score (nSPS) is 13.3. The number of nitrogens with zero attached hydrogens (tertiary/aromatic N) is 1. The van der Waals surface area contributed by atoms with Gasteiger partial charge >= 0.3 is 0 Å². The van der Waals surface area contributed by atoms with Gasteiger partial charge in [-0.25, -0.2) is 0 Å². The minimum absolute atomic E-state index is 0.238. The SMILES string of the molecule is C=CC(c1ccccc1)[N+](C)(C)C=Cc1cc(C)ccc1C. The number of likely N-dealkylation sites (N-methyl/N-ethyl adjacent to an activating group) is 1. The van der Waals surface area contributed by atoms with E-state index in [2.05, 4.69) is 95.3 Å². The van der Waals surface area contributed by atoms with Gasteiger partial charge in [-0.15, -0.1) is 0 Å². The Bertz CT molecular complexity index is 666. The second-order valence-corrected chi connectivity index (χ2v) is 6.40. The minimum atomic E-state index is 0.238. The second kappa shape index (κ2) is 6.76. The second-order valence-electron chi connectivity index (χ2n) is 6.40. The van der Waals surface area contributed by atoms with Crippen molar-refractivity contribution in [3.8, 4) is 0 Å². The maximum atomic E-state index is 4.04. The van der Waals surface area contributed by atoms with Crippen LogP contribution in [0.5, 0.6) is 0 Å². The van der Waals surface area contributed by atoms with Crippen LogP contribution in [0, 0.1) is 13.8 Å². The van der Waals surface area contributed by atoms with E-state index in [0.717, 1.165) is 4.48 Å². The monoisotopic (exact) mass is 292 g/mol. The molecule has 114 valence electrons. The lowest BCUT2D eigenvalue weighted by molar-refractivity contribution is -0.863. The summed E-state index contributed by atoms with van der Waals surface area (Å²) < 4.78 is 0.737. The average molecular weight is 292 g/mol. The Labute approximate surface area is 134 Å². The molecule has 1 unspecified atom stereocenters. The molecule has 0 bridgehead atoms. The first-order valence-electron chi connectivity index (χ1n) is 7.71. The molecule has 0 amide bonds. The molecule has 2 aromatic carbocycles. The number of rotatable bonds is 5. The van der Waals surface area contributed by atoms with Crippen LogP contribution in [0.1, 0.15) is 28.3 Å². The van der Waals surface area contributed by atoms with Gasteiger partial charge in [0.25, 0.3) is 0 Å². The molecule has 1 heteroatoms. The van der Waals surface area contributed by atoms with E-state index in [1.807, 2.05) is 6.08 Å². The van der Waals surface area contributed by atoms with Crippen molar-refractivity contribution in [2.75, 3.05) is 14.1 Å². The first-order chi connectivity index (χ1) is 10.4. The van der Waals surface area contributed by atoms with Crippen molar-refractivity contribution in [2.24, 2.45) is 0 Å². The van der Waals surface area contributed by atoms with Crippen molar-refractivity contribution in [1.29, 1.82) is 0 Å². The van der Waals surface area contributed by atoms with Crippen molar-refractivity contribution in [3.05, 3.63) is 89.6 Å². The lowest BCUT2D eigenvalue weighted by atomic mass is 10.0. The average Bonchev–Trinajstić information content (AvgIpc) is 2.50. The van der Waals surface area contributed by atoms with Crippen LogP contribution in [0.25, 0.3) is 6.08 Å². The molecule has 0 radical (unpaired) electrons. The summed E-state index contributed by atoms with van der Waals surface area (Å²) in [6.07, 6.45) is 6.51. The quantitative estimate of drug-likeness (QED) is 0.519. The third-order valence-electron chi connectivity index (χ3n) is 4.15.